The lowest BCUT2D eigenvalue weighted by molar-refractivity contribution is -0.144. The number of nitrogens with one attached hydrogen (secondary N) is 1. The van der Waals surface area contributed by atoms with E-state index in [-0.39, 0.29) is 12.5 Å². The molecule has 1 N–H and O–H groups in total. The number of anilines is 2. The highest BCUT2D eigenvalue weighted by Gasteiger charge is 2.22. The van der Waals surface area contributed by atoms with Crippen LogP contribution in [0, 0.1) is 5.92 Å². The molecule has 0 unspecified atom stereocenters. The first kappa shape index (κ1) is 20.3. The van der Waals surface area contributed by atoms with Crippen molar-refractivity contribution in [2.45, 2.75) is 51.8 Å². The summed E-state index contributed by atoms with van der Waals surface area (Å²) in [6, 6.07) is 2.05. The minimum Gasteiger partial charge on any atom is -0.465 e. The third-order valence-corrected chi connectivity index (χ3v) is 5.51. The molecular formula is C21H28N6O3. The van der Waals surface area contributed by atoms with Gasteiger partial charge in [0, 0.05) is 37.6 Å². The van der Waals surface area contributed by atoms with Gasteiger partial charge >= 0.3 is 5.97 Å². The van der Waals surface area contributed by atoms with Crippen molar-refractivity contribution in [1.82, 2.24) is 24.3 Å². The Morgan fingerprint density at radius 1 is 1.33 bits per heavy atom. The standard InChI is InChI=1S/C21H28N6O3/c1-3-30-19(28)14-27-13-17(11-23-27)24-21-22-10-16-7-8-26(20(16)25-21)12-15-5-4-6-18(9-15)29-2/h7-8,10-11,13,15,18H,3-6,9,12,14H2,1-2H3,(H,22,24,25)/t15-,18+/m0/s1. The maximum atomic E-state index is 11.6. The van der Waals surface area contributed by atoms with Crippen LogP contribution < -0.4 is 5.32 Å². The van der Waals surface area contributed by atoms with Crippen LogP contribution in [0.15, 0.2) is 30.9 Å². The van der Waals surface area contributed by atoms with Crippen molar-refractivity contribution in [2.75, 3.05) is 19.0 Å². The lowest BCUT2D eigenvalue weighted by Gasteiger charge is -2.28. The van der Waals surface area contributed by atoms with Gasteiger partial charge < -0.3 is 19.4 Å². The highest BCUT2D eigenvalue weighted by atomic mass is 16.5. The number of aromatic nitrogens is 5. The zero-order valence-corrected chi connectivity index (χ0v) is 17.5. The molecule has 1 fully saturated rings. The second kappa shape index (κ2) is 9.25. The van der Waals surface area contributed by atoms with E-state index in [2.05, 4.69) is 26.2 Å². The summed E-state index contributed by atoms with van der Waals surface area (Å²) in [6.07, 6.45) is 12.3. The van der Waals surface area contributed by atoms with Crippen molar-refractivity contribution in [2.24, 2.45) is 5.92 Å². The average Bonchev–Trinajstić information content (AvgIpc) is 3.35. The van der Waals surface area contributed by atoms with E-state index in [0.717, 1.165) is 30.4 Å². The van der Waals surface area contributed by atoms with Gasteiger partial charge in [-0.1, -0.05) is 6.42 Å². The van der Waals surface area contributed by atoms with Crippen molar-refractivity contribution in [3.63, 3.8) is 0 Å². The zero-order valence-electron chi connectivity index (χ0n) is 17.5. The van der Waals surface area contributed by atoms with Crippen LogP contribution in [0.25, 0.3) is 11.0 Å². The smallest absolute Gasteiger partial charge is 0.327 e. The van der Waals surface area contributed by atoms with Crippen LogP contribution in [0.3, 0.4) is 0 Å². The number of carbonyl (C=O) groups excluding carboxylic acids is 1. The van der Waals surface area contributed by atoms with Gasteiger partial charge in [0.15, 0.2) is 0 Å². The van der Waals surface area contributed by atoms with E-state index in [4.69, 9.17) is 14.5 Å². The highest BCUT2D eigenvalue weighted by Crippen LogP contribution is 2.28. The summed E-state index contributed by atoms with van der Waals surface area (Å²) in [4.78, 5) is 20.7. The van der Waals surface area contributed by atoms with Gasteiger partial charge in [-0.2, -0.15) is 10.1 Å². The molecule has 3 aromatic rings. The number of esters is 1. The van der Waals surface area contributed by atoms with Gasteiger partial charge in [-0.15, -0.1) is 0 Å². The van der Waals surface area contributed by atoms with Crippen molar-refractivity contribution < 1.29 is 14.3 Å². The second-order valence-electron chi connectivity index (χ2n) is 7.69. The molecule has 3 aromatic heterocycles. The topological polar surface area (TPSA) is 96.1 Å². The number of nitrogens with zero attached hydrogens (tertiary/aromatic N) is 5. The van der Waals surface area contributed by atoms with E-state index in [9.17, 15) is 4.79 Å². The number of carbonyl (C=O) groups is 1. The Balaban J connectivity index is 1.45. The van der Waals surface area contributed by atoms with Gasteiger partial charge in [0.2, 0.25) is 5.95 Å². The Bertz CT molecular complexity index is 998. The molecule has 1 aliphatic rings. The second-order valence-corrected chi connectivity index (χ2v) is 7.69. The Morgan fingerprint density at radius 3 is 3.07 bits per heavy atom. The first-order valence-electron chi connectivity index (χ1n) is 10.4. The van der Waals surface area contributed by atoms with E-state index in [1.54, 1.807) is 26.4 Å². The van der Waals surface area contributed by atoms with E-state index in [1.807, 2.05) is 12.3 Å². The van der Waals surface area contributed by atoms with Gasteiger partial charge in [0.25, 0.3) is 0 Å². The molecule has 0 aliphatic heterocycles. The summed E-state index contributed by atoms with van der Waals surface area (Å²) >= 11 is 0. The molecule has 0 amide bonds. The number of fused-ring (bicyclic) bond motifs is 1. The lowest BCUT2D eigenvalue weighted by atomic mass is 9.87. The summed E-state index contributed by atoms with van der Waals surface area (Å²) in [6.45, 7) is 3.13. The molecule has 1 aliphatic carbocycles. The van der Waals surface area contributed by atoms with Crippen LogP contribution >= 0.6 is 0 Å². The zero-order chi connectivity index (χ0) is 20.9. The molecule has 3 heterocycles. The summed E-state index contributed by atoms with van der Waals surface area (Å²) in [5.41, 5.74) is 1.62. The predicted molar refractivity (Wildman–Crippen MR) is 112 cm³/mol. The summed E-state index contributed by atoms with van der Waals surface area (Å²) in [5, 5.41) is 8.36. The molecule has 4 rings (SSSR count). The molecular weight excluding hydrogens is 384 g/mol. The molecule has 30 heavy (non-hydrogen) atoms. The highest BCUT2D eigenvalue weighted by molar-refractivity contribution is 5.76. The molecule has 0 saturated heterocycles. The fourth-order valence-corrected chi connectivity index (χ4v) is 4.06. The Kier molecular flexibility index (Phi) is 6.27. The fourth-order valence-electron chi connectivity index (χ4n) is 4.06. The Labute approximate surface area is 175 Å². The minimum absolute atomic E-state index is 0.0715. The monoisotopic (exact) mass is 412 g/mol. The van der Waals surface area contributed by atoms with Gasteiger partial charge in [-0.05, 0) is 38.2 Å². The maximum Gasteiger partial charge on any atom is 0.327 e. The molecule has 0 radical (unpaired) electrons. The number of hydrogen-bond donors (Lipinski definition) is 1. The Hall–Kier alpha value is -2.94. The number of ether oxygens (including phenoxy) is 2. The third-order valence-electron chi connectivity index (χ3n) is 5.51. The summed E-state index contributed by atoms with van der Waals surface area (Å²) in [7, 11) is 1.80. The van der Waals surface area contributed by atoms with Crippen LogP contribution in [0.2, 0.25) is 0 Å². The molecule has 2 atom stereocenters. The number of methoxy groups -OCH3 is 1. The van der Waals surface area contributed by atoms with Crippen molar-refractivity contribution in [3.05, 3.63) is 30.9 Å². The normalized spacial score (nSPS) is 19.1. The Morgan fingerprint density at radius 2 is 2.23 bits per heavy atom. The van der Waals surface area contributed by atoms with Crippen LogP contribution in [0.4, 0.5) is 11.6 Å². The molecule has 1 saturated carbocycles. The van der Waals surface area contributed by atoms with Crippen molar-refractivity contribution >= 4 is 28.6 Å². The first-order chi connectivity index (χ1) is 14.6. The SMILES string of the molecule is CCOC(=O)Cn1cc(Nc2ncc3ccn(C[C@H]4CCC[C@@H](OC)C4)c3n2)cn1. The fraction of sp³-hybridized carbons (Fsp3) is 0.524. The van der Waals surface area contributed by atoms with E-state index >= 15 is 0 Å². The summed E-state index contributed by atoms with van der Waals surface area (Å²) in [5.74, 6) is 0.768. The molecule has 0 aromatic carbocycles. The van der Waals surface area contributed by atoms with E-state index < -0.39 is 0 Å². The predicted octanol–water partition coefficient (Wildman–Crippen LogP) is 3.14. The van der Waals surface area contributed by atoms with E-state index in [0.29, 0.717) is 30.3 Å². The molecule has 0 bridgehead atoms. The van der Waals surface area contributed by atoms with Crippen LogP contribution in [-0.2, 0) is 27.4 Å². The van der Waals surface area contributed by atoms with Gasteiger partial charge in [-0.3, -0.25) is 9.48 Å². The van der Waals surface area contributed by atoms with Crippen LogP contribution in [0.1, 0.15) is 32.6 Å². The van der Waals surface area contributed by atoms with Gasteiger partial charge in [-0.25, -0.2) is 4.98 Å². The maximum absolute atomic E-state index is 11.6. The number of rotatable bonds is 8. The molecule has 9 nitrogen and oxygen atoms in total. The molecule has 160 valence electrons. The molecule has 0 spiro atoms. The van der Waals surface area contributed by atoms with Crippen molar-refractivity contribution in [1.29, 1.82) is 0 Å². The average molecular weight is 412 g/mol. The minimum atomic E-state index is -0.318. The summed E-state index contributed by atoms with van der Waals surface area (Å²) < 4.78 is 14.2. The first-order valence-corrected chi connectivity index (χ1v) is 10.4. The van der Waals surface area contributed by atoms with Crippen LogP contribution in [0.5, 0.6) is 0 Å². The quantitative estimate of drug-likeness (QED) is 0.568. The largest absolute Gasteiger partial charge is 0.465 e. The van der Waals surface area contributed by atoms with Gasteiger partial charge in [0.1, 0.15) is 12.2 Å². The van der Waals surface area contributed by atoms with Crippen molar-refractivity contribution in [3.8, 4) is 0 Å². The molecule has 9 heteroatoms. The lowest BCUT2D eigenvalue weighted by Crippen LogP contribution is -2.24. The van der Waals surface area contributed by atoms with E-state index in [1.165, 1.54) is 17.5 Å². The number of hydrogen-bond acceptors (Lipinski definition) is 7. The third kappa shape index (κ3) is 4.79. The van der Waals surface area contributed by atoms with Gasteiger partial charge in [0.05, 0.1) is 24.6 Å². The van der Waals surface area contributed by atoms with Crippen LogP contribution in [-0.4, -0.2) is 50.1 Å².